The van der Waals surface area contributed by atoms with Gasteiger partial charge >= 0.3 is 0 Å². The fourth-order valence-corrected chi connectivity index (χ4v) is 0.525. The van der Waals surface area contributed by atoms with Gasteiger partial charge in [0.2, 0.25) is 0 Å². The molecule has 0 aliphatic heterocycles. The maximum absolute atomic E-state index is 3.77. The summed E-state index contributed by atoms with van der Waals surface area (Å²) in [5.74, 6) is 0.754. The van der Waals surface area contributed by atoms with Gasteiger partial charge in [-0.1, -0.05) is 5.21 Å². The maximum atomic E-state index is 3.77. The first-order chi connectivity index (χ1) is 4.43. The first-order valence-electron chi connectivity index (χ1n) is 2.80. The summed E-state index contributed by atoms with van der Waals surface area (Å²) in [7, 11) is 1.89. The van der Waals surface area contributed by atoms with E-state index in [4.69, 9.17) is 0 Å². The van der Waals surface area contributed by atoms with Crippen LogP contribution in [0.5, 0.6) is 0 Å². The maximum Gasteiger partial charge on any atom is 0.175 e. The number of hydrogen-bond donors (Lipinski definition) is 2. The third-order valence-corrected chi connectivity index (χ3v) is 0.988. The van der Waals surface area contributed by atoms with Crippen molar-refractivity contribution < 1.29 is 0 Å². The minimum atomic E-state index is 0. The molecular weight excluding hydrogens is 154 g/mol. The van der Waals surface area contributed by atoms with Gasteiger partial charge in [-0.3, -0.25) is 0 Å². The average molecular weight is 164 g/mol. The summed E-state index contributed by atoms with van der Waals surface area (Å²) < 4.78 is 0. The van der Waals surface area contributed by atoms with Crippen LogP contribution in [-0.4, -0.2) is 34.2 Å². The number of aromatic nitrogens is 4. The van der Waals surface area contributed by atoms with E-state index in [1.807, 2.05) is 7.05 Å². The van der Waals surface area contributed by atoms with Gasteiger partial charge in [-0.2, -0.15) is 5.21 Å². The number of H-pyrrole nitrogens is 1. The number of halogens is 1. The Kier molecular flexibility index (Phi) is 4.78. The second-order valence-corrected chi connectivity index (χ2v) is 1.68. The molecule has 1 aromatic rings. The number of likely N-dealkylation sites (N-methyl/N-ethyl adjacent to an activating group) is 1. The van der Waals surface area contributed by atoms with E-state index < -0.39 is 0 Å². The van der Waals surface area contributed by atoms with Gasteiger partial charge in [-0.15, -0.1) is 22.6 Å². The molecule has 0 bridgehead atoms. The van der Waals surface area contributed by atoms with Crippen LogP contribution < -0.4 is 5.32 Å². The quantitative estimate of drug-likeness (QED) is 0.624. The molecule has 5 nitrogen and oxygen atoms in total. The molecule has 0 unspecified atom stereocenters. The standard InChI is InChI=1S/C4H9N5.ClH/c1-5-3-2-4-6-8-9-7-4;/h5H,2-3H2,1H3,(H,6,7,8,9);1H. The van der Waals surface area contributed by atoms with Crippen LogP contribution in [0, 0.1) is 0 Å². The zero-order valence-corrected chi connectivity index (χ0v) is 6.48. The van der Waals surface area contributed by atoms with Gasteiger partial charge in [-0.25, -0.2) is 0 Å². The summed E-state index contributed by atoms with van der Waals surface area (Å²) in [5, 5.41) is 16.3. The number of tetrazole rings is 1. The Morgan fingerprint density at radius 1 is 1.60 bits per heavy atom. The fourth-order valence-electron chi connectivity index (χ4n) is 0.525. The third-order valence-electron chi connectivity index (χ3n) is 0.988. The molecule has 10 heavy (non-hydrogen) atoms. The van der Waals surface area contributed by atoms with Crippen LogP contribution in [0.2, 0.25) is 0 Å². The van der Waals surface area contributed by atoms with E-state index in [9.17, 15) is 0 Å². The van der Waals surface area contributed by atoms with Gasteiger partial charge in [0, 0.05) is 13.0 Å². The predicted octanol–water partition coefficient (Wildman–Crippen LogP) is -0.617. The molecule has 0 saturated carbocycles. The van der Waals surface area contributed by atoms with Crippen molar-refractivity contribution in [3.05, 3.63) is 5.82 Å². The lowest BCUT2D eigenvalue weighted by Crippen LogP contribution is -2.11. The minimum Gasteiger partial charge on any atom is -0.319 e. The molecule has 1 aromatic heterocycles. The van der Waals surface area contributed by atoms with Crippen molar-refractivity contribution in [2.24, 2.45) is 0 Å². The summed E-state index contributed by atoms with van der Waals surface area (Å²) in [6.07, 6.45) is 0.826. The lowest BCUT2D eigenvalue weighted by Gasteiger charge is -1.89. The Labute approximate surface area is 65.0 Å². The monoisotopic (exact) mass is 163 g/mol. The minimum absolute atomic E-state index is 0. The summed E-state index contributed by atoms with van der Waals surface area (Å²) in [6, 6.07) is 0. The largest absolute Gasteiger partial charge is 0.319 e. The van der Waals surface area contributed by atoms with Crippen molar-refractivity contribution in [2.45, 2.75) is 6.42 Å². The number of nitrogens with zero attached hydrogens (tertiary/aromatic N) is 3. The summed E-state index contributed by atoms with van der Waals surface area (Å²) >= 11 is 0. The lowest BCUT2D eigenvalue weighted by molar-refractivity contribution is 0.757. The molecule has 0 fully saturated rings. The van der Waals surface area contributed by atoms with Crippen LogP contribution in [0.15, 0.2) is 0 Å². The van der Waals surface area contributed by atoms with E-state index in [-0.39, 0.29) is 12.4 Å². The number of aromatic amines is 1. The Hall–Kier alpha value is -0.680. The molecule has 0 radical (unpaired) electrons. The van der Waals surface area contributed by atoms with Crippen molar-refractivity contribution in [2.75, 3.05) is 13.6 Å². The molecule has 0 spiro atoms. The van der Waals surface area contributed by atoms with Gasteiger partial charge in [0.15, 0.2) is 5.82 Å². The van der Waals surface area contributed by atoms with Crippen LogP contribution in [0.25, 0.3) is 0 Å². The summed E-state index contributed by atoms with van der Waals surface area (Å²) in [4.78, 5) is 0. The molecule has 6 heteroatoms. The predicted molar refractivity (Wildman–Crippen MR) is 39.1 cm³/mol. The molecular formula is C4H10ClN5. The fraction of sp³-hybridized carbons (Fsp3) is 0.750. The number of hydrogen-bond acceptors (Lipinski definition) is 4. The van der Waals surface area contributed by atoms with E-state index in [2.05, 4.69) is 25.9 Å². The zero-order valence-electron chi connectivity index (χ0n) is 5.66. The van der Waals surface area contributed by atoms with Crippen molar-refractivity contribution in [1.29, 1.82) is 0 Å². The van der Waals surface area contributed by atoms with Crippen molar-refractivity contribution in [3.8, 4) is 0 Å². The molecule has 2 N–H and O–H groups in total. The SMILES string of the molecule is CNCCc1nn[nH]n1.Cl. The second-order valence-electron chi connectivity index (χ2n) is 1.68. The molecule has 0 saturated heterocycles. The van der Waals surface area contributed by atoms with Crippen molar-refractivity contribution >= 4 is 12.4 Å². The summed E-state index contributed by atoms with van der Waals surface area (Å²) in [5.41, 5.74) is 0. The third kappa shape index (κ3) is 2.75. The highest BCUT2D eigenvalue weighted by Gasteiger charge is 1.93. The zero-order chi connectivity index (χ0) is 6.53. The van der Waals surface area contributed by atoms with Crippen LogP contribution in [0.1, 0.15) is 5.82 Å². The van der Waals surface area contributed by atoms with Gasteiger partial charge in [-0.05, 0) is 7.05 Å². The first kappa shape index (κ1) is 9.32. The molecule has 58 valence electrons. The second kappa shape index (κ2) is 5.13. The van der Waals surface area contributed by atoms with E-state index >= 15 is 0 Å². The van der Waals surface area contributed by atoms with E-state index in [1.165, 1.54) is 0 Å². The van der Waals surface area contributed by atoms with Crippen molar-refractivity contribution in [3.63, 3.8) is 0 Å². The number of nitrogens with one attached hydrogen (secondary N) is 2. The van der Waals surface area contributed by atoms with Crippen LogP contribution >= 0.6 is 12.4 Å². The first-order valence-corrected chi connectivity index (χ1v) is 2.80. The van der Waals surface area contributed by atoms with E-state index in [0.29, 0.717) is 0 Å². The molecule has 0 aliphatic rings. The molecule has 1 rings (SSSR count). The van der Waals surface area contributed by atoms with Gasteiger partial charge in [0.1, 0.15) is 0 Å². The Balaban J connectivity index is 0.000000810. The van der Waals surface area contributed by atoms with Gasteiger partial charge < -0.3 is 5.32 Å². The lowest BCUT2D eigenvalue weighted by atomic mass is 10.4. The van der Waals surface area contributed by atoms with Crippen LogP contribution in [-0.2, 0) is 6.42 Å². The Bertz CT molecular complexity index is 151. The molecule has 1 heterocycles. The van der Waals surface area contributed by atoms with Gasteiger partial charge in [0.05, 0.1) is 0 Å². The average Bonchev–Trinajstić information content (AvgIpc) is 2.34. The smallest absolute Gasteiger partial charge is 0.175 e. The highest BCUT2D eigenvalue weighted by atomic mass is 35.5. The summed E-state index contributed by atoms with van der Waals surface area (Å²) in [6.45, 7) is 0.888. The topological polar surface area (TPSA) is 66.5 Å². The highest BCUT2D eigenvalue weighted by molar-refractivity contribution is 5.85. The normalized spacial score (nSPS) is 8.90. The molecule has 0 amide bonds. The Morgan fingerprint density at radius 3 is 2.90 bits per heavy atom. The molecule has 0 atom stereocenters. The highest BCUT2D eigenvalue weighted by Crippen LogP contribution is 1.81. The van der Waals surface area contributed by atoms with E-state index in [0.717, 1.165) is 18.8 Å². The van der Waals surface area contributed by atoms with E-state index in [1.54, 1.807) is 0 Å². The van der Waals surface area contributed by atoms with Crippen LogP contribution in [0.4, 0.5) is 0 Å². The van der Waals surface area contributed by atoms with Crippen molar-refractivity contribution in [1.82, 2.24) is 25.9 Å². The number of rotatable bonds is 3. The molecule has 0 aromatic carbocycles. The van der Waals surface area contributed by atoms with Gasteiger partial charge in [0.25, 0.3) is 0 Å². The van der Waals surface area contributed by atoms with Crippen LogP contribution in [0.3, 0.4) is 0 Å². The molecule has 0 aliphatic carbocycles. The Morgan fingerprint density at radius 2 is 2.40 bits per heavy atom.